The van der Waals surface area contributed by atoms with Crippen molar-refractivity contribution in [2.75, 3.05) is 0 Å². The number of hydrogen-bond donors (Lipinski definition) is 0. The molecule has 0 saturated carbocycles. The first-order chi connectivity index (χ1) is 10.1. The lowest BCUT2D eigenvalue weighted by atomic mass is 10.2. The Labute approximate surface area is 133 Å². The van der Waals surface area contributed by atoms with Gasteiger partial charge in [0.15, 0.2) is 0 Å². The van der Waals surface area contributed by atoms with Gasteiger partial charge >= 0.3 is 0 Å². The van der Waals surface area contributed by atoms with E-state index in [1.807, 2.05) is 55.5 Å². The molecule has 0 aliphatic rings. The highest BCUT2D eigenvalue weighted by atomic mass is 35.5. The zero-order chi connectivity index (χ0) is 14.8. The predicted molar refractivity (Wildman–Crippen MR) is 87.3 cm³/mol. The van der Waals surface area contributed by atoms with Crippen LogP contribution in [0.4, 0.5) is 0 Å². The highest BCUT2D eigenvalue weighted by Gasteiger charge is 2.07. The fourth-order valence-corrected chi connectivity index (χ4v) is 2.61. The second kappa shape index (κ2) is 5.92. The van der Waals surface area contributed by atoms with E-state index in [-0.39, 0.29) is 0 Å². The third kappa shape index (κ3) is 3.12. The Morgan fingerprint density at radius 3 is 2.67 bits per heavy atom. The van der Waals surface area contributed by atoms with Crippen molar-refractivity contribution in [3.63, 3.8) is 0 Å². The number of halogens is 2. The molecule has 3 aromatic rings. The van der Waals surface area contributed by atoms with Crippen LogP contribution in [0, 0.1) is 6.92 Å². The van der Waals surface area contributed by atoms with Crippen molar-refractivity contribution in [1.29, 1.82) is 0 Å². The largest absolute Gasteiger partial charge is 0.487 e. The SMILES string of the molecule is Cc1ccc(OCc2cc3ccccc3nc2Cl)c(Cl)c1. The molecule has 4 heteroatoms. The molecule has 0 bridgehead atoms. The molecule has 0 fully saturated rings. The van der Waals surface area contributed by atoms with Gasteiger partial charge < -0.3 is 4.74 Å². The Kier molecular flexibility index (Phi) is 4.00. The number of pyridine rings is 1. The maximum Gasteiger partial charge on any atom is 0.138 e. The third-order valence-corrected chi connectivity index (χ3v) is 3.84. The van der Waals surface area contributed by atoms with E-state index in [0.29, 0.717) is 22.5 Å². The summed E-state index contributed by atoms with van der Waals surface area (Å²) >= 11 is 12.4. The molecule has 0 aliphatic heterocycles. The zero-order valence-electron chi connectivity index (χ0n) is 11.4. The Hall–Kier alpha value is -1.77. The molecule has 0 atom stereocenters. The van der Waals surface area contributed by atoms with Crippen molar-refractivity contribution >= 4 is 34.1 Å². The lowest BCUT2D eigenvalue weighted by molar-refractivity contribution is 0.306. The van der Waals surface area contributed by atoms with E-state index in [9.17, 15) is 0 Å². The van der Waals surface area contributed by atoms with Crippen LogP contribution in [0.5, 0.6) is 5.75 Å². The number of aromatic nitrogens is 1. The van der Waals surface area contributed by atoms with Gasteiger partial charge in [0, 0.05) is 10.9 Å². The van der Waals surface area contributed by atoms with Gasteiger partial charge in [-0.25, -0.2) is 4.98 Å². The van der Waals surface area contributed by atoms with Crippen molar-refractivity contribution in [1.82, 2.24) is 4.98 Å². The summed E-state index contributed by atoms with van der Waals surface area (Å²) in [6, 6.07) is 15.5. The normalized spacial score (nSPS) is 10.8. The molecule has 0 aliphatic carbocycles. The smallest absolute Gasteiger partial charge is 0.138 e. The Bertz CT molecular complexity index is 802. The summed E-state index contributed by atoms with van der Waals surface area (Å²) in [6.07, 6.45) is 0. The number of para-hydroxylation sites is 1. The highest BCUT2D eigenvalue weighted by molar-refractivity contribution is 6.32. The predicted octanol–water partition coefficient (Wildman–Crippen LogP) is 5.43. The van der Waals surface area contributed by atoms with Crippen LogP contribution >= 0.6 is 23.2 Å². The zero-order valence-corrected chi connectivity index (χ0v) is 12.9. The monoisotopic (exact) mass is 317 g/mol. The quantitative estimate of drug-likeness (QED) is 0.601. The first-order valence-electron chi connectivity index (χ1n) is 6.56. The molecule has 2 nitrogen and oxygen atoms in total. The van der Waals surface area contributed by atoms with Crippen LogP contribution in [0.1, 0.15) is 11.1 Å². The second-order valence-electron chi connectivity index (χ2n) is 4.85. The van der Waals surface area contributed by atoms with Crippen molar-refractivity contribution < 1.29 is 4.74 Å². The van der Waals surface area contributed by atoms with Gasteiger partial charge in [-0.3, -0.25) is 0 Å². The number of rotatable bonds is 3. The lowest BCUT2D eigenvalue weighted by Gasteiger charge is -2.10. The van der Waals surface area contributed by atoms with E-state index in [0.717, 1.165) is 22.0 Å². The summed E-state index contributed by atoms with van der Waals surface area (Å²) in [5.41, 5.74) is 2.81. The average molecular weight is 318 g/mol. The van der Waals surface area contributed by atoms with E-state index < -0.39 is 0 Å². The van der Waals surface area contributed by atoms with E-state index in [2.05, 4.69) is 4.98 Å². The Morgan fingerprint density at radius 1 is 1.05 bits per heavy atom. The number of ether oxygens (including phenoxy) is 1. The summed E-state index contributed by atoms with van der Waals surface area (Å²) in [7, 11) is 0. The van der Waals surface area contributed by atoms with E-state index in [4.69, 9.17) is 27.9 Å². The Morgan fingerprint density at radius 2 is 1.86 bits per heavy atom. The number of aryl methyl sites for hydroxylation is 1. The minimum atomic E-state index is 0.333. The maximum atomic E-state index is 6.21. The summed E-state index contributed by atoms with van der Waals surface area (Å²) in [5.74, 6) is 0.645. The number of benzene rings is 2. The minimum Gasteiger partial charge on any atom is -0.487 e. The van der Waals surface area contributed by atoms with Crippen LogP contribution in [0.2, 0.25) is 10.2 Å². The van der Waals surface area contributed by atoms with Crippen LogP contribution in [0.25, 0.3) is 10.9 Å². The van der Waals surface area contributed by atoms with Crippen LogP contribution in [-0.4, -0.2) is 4.98 Å². The van der Waals surface area contributed by atoms with Gasteiger partial charge in [-0.2, -0.15) is 0 Å². The van der Waals surface area contributed by atoms with Gasteiger partial charge in [0.2, 0.25) is 0 Å². The number of nitrogens with zero attached hydrogens (tertiary/aromatic N) is 1. The number of hydrogen-bond acceptors (Lipinski definition) is 2. The summed E-state index contributed by atoms with van der Waals surface area (Å²) in [4.78, 5) is 4.38. The van der Waals surface area contributed by atoms with Gasteiger partial charge in [-0.15, -0.1) is 0 Å². The van der Waals surface area contributed by atoms with Crippen molar-refractivity contribution in [3.05, 3.63) is 69.8 Å². The van der Waals surface area contributed by atoms with Crippen LogP contribution in [-0.2, 0) is 6.61 Å². The van der Waals surface area contributed by atoms with Crippen LogP contribution in [0.15, 0.2) is 48.5 Å². The molecular formula is C17H13Cl2NO. The fourth-order valence-electron chi connectivity index (χ4n) is 2.12. The first kappa shape index (κ1) is 14.2. The molecule has 1 aromatic heterocycles. The summed E-state index contributed by atoms with van der Waals surface area (Å²) in [5, 5.41) is 2.09. The molecule has 106 valence electrons. The third-order valence-electron chi connectivity index (χ3n) is 3.22. The van der Waals surface area contributed by atoms with Crippen LogP contribution in [0.3, 0.4) is 0 Å². The molecule has 0 unspecified atom stereocenters. The van der Waals surface area contributed by atoms with E-state index in [1.165, 1.54) is 0 Å². The molecular weight excluding hydrogens is 305 g/mol. The average Bonchev–Trinajstić information content (AvgIpc) is 2.46. The van der Waals surface area contributed by atoms with Crippen molar-refractivity contribution in [2.45, 2.75) is 13.5 Å². The molecule has 2 aromatic carbocycles. The maximum absolute atomic E-state index is 6.21. The molecule has 3 rings (SSSR count). The minimum absolute atomic E-state index is 0.333. The topological polar surface area (TPSA) is 22.1 Å². The van der Waals surface area contributed by atoms with E-state index >= 15 is 0 Å². The molecule has 0 spiro atoms. The van der Waals surface area contributed by atoms with Gasteiger partial charge in [0.05, 0.1) is 10.5 Å². The van der Waals surface area contributed by atoms with Gasteiger partial charge in [0.25, 0.3) is 0 Å². The van der Waals surface area contributed by atoms with Crippen LogP contribution < -0.4 is 4.74 Å². The van der Waals surface area contributed by atoms with Gasteiger partial charge in [0.1, 0.15) is 17.5 Å². The van der Waals surface area contributed by atoms with E-state index in [1.54, 1.807) is 0 Å². The van der Waals surface area contributed by atoms with Crippen molar-refractivity contribution in [3.8, 4) is 5.75 Å². The fraction of sp³-hybridized carbons (Fsp3) is 0.118. The summed E-state index contributed by atoms with van der Waals surface area (Å²) < 4.78 is 5.75. The number of fused-ring (bicyclic) bond motifs is 1. The molecule has 0 N–H and O–H groups in total. The lowest BCUT2D eigenvalue weighted by Crippen LogP contribution is -1.98. The first-order valence-corrected chi connectivity index (χ1v) is 7.32. The standard InChI is InChI=1S/C17H13Cl2NO/c1-11-6-7-16(14(18)8-11)21-10-13-9-12-4-2-3-5-15(12)20-17(13)19/h2-9H,10H2,1H3. The summed E-state index contributed by atoms with van der Waals surface area (Å²) in [6.45, 7) is 2.32. The molecule has 0 amide bonds. The van der Waals surface area contributed by atoms with Crippen molar-refractivity contribution in [2.24, 2.45) is 0 Å². The molecule has 21 heavy (non-hydrogen) atoms. The van der Waals surface area contributed by atoms with Gasteiger partial charge in [-0.1, -0.05) is 47.5 Å². The Balaban J connectivity index is 1.86. The molecule has 0 radical (unpaired) electrons. The second-order valence-corrected chi connectivity index (χ2v) is 5.62. The van der Waals surface area contributed by atoms with Gasteiger partial charge in [-0.05, 0) is 36.8 Å². The molecule has 1 heterocycles. The highest BCUT2D eigenvalue weighted by Crippen LogP contribution is 2.27. The molecule has 0 saturated heterocycles.